The van der Waals surface area contributed by atoms with Crippen LogP contribution in [0, 0.1) is 0 Å². The van der Waals surface area contributed by atoms with Gasteiger partial charge in [0, 0.05) is 6.54 Å². The molecule has 1 unspecified atom stereocenters. The zero-order chi connectivity index (χ0) is 13.6. The van der Waals surface area contributed by atoms with Crippen molar-refractivity contribution in [1.82, 2.24) is 5.32 Å². The molecule has 0 saturated heterocycles. The van der Waals surface area contributed by atoms with Crippen molar-refractivity contribution in [3.05, 3.63) is 48.0 Å². The Hall–Kier alpha value is -1.81. The van der Waals surface area contributed by atoms with Gasteiger partial charge in [0.25, 0.3) is 0 Å². The van der Waals surface area contributed by atoms with Crippen LogP contribution in [0.4, 0.5) is 0 Å². The molecule has 1 rings (SSSR count). The third kappa shape index (κ3) is 4.59. The molecule has 0 fully saturated rings. The summed E-state index contributed by atoms with van der Waals surface area (Å²) in [5.41, 5.74) is 6.47. The Labute approximate surface area is 108 Å². The van der Waals surface area contributed by atoms with Crippen molar-refractivity contribution in [3.8, 4) is 0 Å². The number of nitrogens with one attached hydrogen (secondary N) is 1. The summed E-state index contributed by atoms with van der Waals surface area (Å²) in [6.45, 7) is 8.18. The molecule has 0 spiro atoms. The highest BCUT2D eigenvalue weighted by Gasteiger charge is 2.22. The number of benzene rings is 1. The monoisotopic (exact) mass is 247 g/mol. The van der Waals surface area contributed by atoms with Crippen LogP contribution < -0.4 is 11.1 Å². The number of rotatable bonds is 5. The SMILES string of the molecule is C=C(C)CNC(N)=NCC(C)(O)c1ccccc1. The van der Waals surface area contributed by atoms with Crippen molar-refractivity contribution in [3.63, 3.8) is 0 Å². The summed E-state index contributed by atoms with van der Waals surface area (Å²) in [7, 11) is 0. The van der Waals surface area contributed by atoms with Crippen LogP contribution in [-0.2, 0) is 5.60 Å². The van der Waals surface area contributed by atoms with Crippen LogP contribution in [0.3, 0.4) is 0 Å². The Kier molecular flexibility index (Phi) is 4.92. The first-order valence-corrected chi connectivity index (χ1v) is 5.88. The van der Waals surface area contributed by atoms with E-state index in [0.717, 1.165) is 11.1 Å². The van der Waals surface area contributed by atoms with Crippen LogP contribution in [0.1, 0.15) is 19.4 Å². The fourth-order valence-corrected chi connectivity index (χ4v) is 1.42. The van der Waals surface area contributed by atoms with E-state index in [-0.39, 0.29) is 6.54 Å². The Morgan fingerprint density at radius 1 is 1.44 bits per heavy atom. The summed E-state index contributed by atoms with van der Waals surface area (Å²) in [6, 6.07) is 9.41. The molecule has 1 aromatic carbocycles. The normalized spacial score (nSPS) is 14.9. The molecule has 0 radical (unpaired) electrons. The Morgan fingerprint density at radius 2 is 2.06 bits per heavy atom. The third-order valence-electron chi connectivity index (χ3n) is 2.52. The second-order valence-corrected chi connectivity index (χ2v) is 4.65. The lowest BCUT2D eigenvalue weighted by atomic mass is 9.96. The first-order valence-electron chi connectivity index (χ1n) is 5.88. The van der Waals surface area contributed by atoms with Gasteiger partial charge in [0.15, 0.2) is 5.96 Å². The molecule has 0 aromatic heterocycles. The molecule has 4 nitrogen and oxygen atoms in total. The number of hydrogen-bond donors (Lipinski definition) is 3. The first-order chi connectivity index (χ1) is 8.42. The van der Waals surface area contributed by atoms with E-state index in [4.69, 9.17) is 5.73 Å². The molecular formula is C14H21N3O. The van der Waals surface area contributed by atoms with Crippen molar-refractivity contribution < 1.29 is 5.11 Å². The summed E-state index contributed by atoms with van der Waals surface area (Å²) in [5, 5.41) is 13.2. The van der Waals surface area contributed by atoms with Gasteiger partial charge in [0.1, 0.15) is 5.60 Å². The van der Waals surface area contributed by atoms with Gasteiger partial charge in [-0.15, -0.1) is 0 Å². The van der Waals surface area contributed by atoms with Gasteiger partial charge in [-0.2, -0.15) is 0 Å². The lowest BCUT2D eigenvalue weighted by Gasteiger charge is -2.21. The van der Waals surface area contributed by atoms with Crippen LogP contribution in [-0.4, -0.2) is 24.2 Å². The molecule has 18 heavy (non-hydrogen) atoms. The highest BCUT2D eigenvalue weighted by Crippen LogP contribution is 2.20. The summed E-state index contributed by atoms with van der Waals surface area (Å²) < 4.78 is 0. The number of guanidine groups is 1. The van der Waals surface area contributed by atoms with Gasteiger partial charge in [0.05, 0.1) is 6.54 Å². The summed E-state index contributed by atoms with van der Waals surface area (Å²) >= 11 is 0. The van der Waals surface area contributed by atoms with E-state index in [9.17, 15) is 5.11 Å². The number of aliphatic imine (C=N–C) groups is 1. The zero-order valence-corrected chi connectivity index (χ0v) is 11.0. The predicted molar refractivity (Wildman–Crippen MR) is 75.3 cm³/mol. The summed E-state index contributed by atoms with van der Waals surface area (Å²) in [5.74, 6) is 0.314. The Morgan fingerprint density at radius 3 is 2.61 bits per heavy atom. The molecule has 0 saturated carbocycles. The van der Waals surface area contributed by atoms with Gasteiger partial charge >= 0.3 is 0 Å². The fraction of sp³-hybridized carbons (Fsp3) is 0.357. The standard InChI is InChI=1S/C14H21N3O/c1-11(2)9-16-13(15)17-10-14(3,18)12-7-5-4-6-8-12/h4-8,18H,1,9-10H2,2-3H3,(H3,15,16,17). The number of nitrogens with zero attached hydrogens (tertiary/aromatic N) is 1. The second kappa shape index (κ2) is 6.21. The summed E-state index contributed by atoms with van der Waals surface area (Å²) in [6.07, 6.45) is 0. The lowest BCUT2D eigenvalue weighted by Crippen LogP contribution is -2.35. The van der Waals surface area contributed by atoms with Crippen molar-refractivity contribution in [2.24, 2.45) is 10.7 Å². The van der Waals surface area contributed by atoms with E-state index in [1.165, 1.54) is 0 Å². The fourth-order valence-electron chi connectivity index (χ4n) is 1.42. The van der Waals surface area contributed by atoms with Gasteiger partial charge in [-0.3, -0.25) is 4.99 Å². The largest absolute Gasteiger partial charge is 0.384 e. The third-order valence-corrected chi connectivity index (χ3v) is 2.52. The second-order valence-electron chi connectivity index (χ2n) is 4.65. The first kappa shape index (κ1) is 14.3. The van der Waals surface area contributed by atoms with Crippen LogP contribution in [0.25, 0.3) is 0 Å². The number of nitrogens with two attached hydrogens (primary N) is 1. The molecule has 4 heteroatoms. The van der Waals surface area contributed by atoms with Gasteiger partial charge in [-0.25, -0.2) is 0 Å². The van der Waals surface area contributed by atoms with E-state index in [2.05, 4.69) is 16.9 Å². The lowest BCUT2D eigenvalue weighted by molar-refractivity contribution is 0.0673. The molecule has 1 aromatic rings. The molecule has 98 valence electrons. The van der Waals surface area contributed by atoms with E-state index in [1.54, 1.807) is 6.92 Å². The van der Waals surface area contributed by atoms with Gasteiger partial charge < -0.3 is 16.2 Å². The van der Waals surface area contributed by atoms with Crippen LogP contribution in [0.5, 0.6) is 0 Å². The number of aliphatic hydroxyl groups is 1. The highest BCUT2D eigenvalue weighted by atomic mass is 16.3. The maximum atomic E-state index is 10.3. The molecule has 4 N–H and O–H groups in total. The van der Waals surface area contributed by atoms with E-state index >= 15 is 0 Å². The van der Waals surface area contributed by atoms with Gasteiger partial charge in [0.2, 0.25) is 0 Å². The van der Waals surface area contributed by atoms with Crippen molar-refractivity contribution >= 4 is 5.96 Å². The molecule has 0 aliphatic carbocycles. The zero-order valence-electron chi connectivity index (χ0n) is 11.0. The quantitative estimate of drug-likeness (QED) is 0.418. The molecule has 1 atom stereocenters. The van der Waals surface area contributed by atoms with Gasteiger partial charge in [-0.1, -0.05) is 42.5 Å². The van der Waals surface area contributed by atoms with Crippen molar-refractivity contribution in [2.45, 2.75) is 19.4 Å². The Bertz CT molecular complexity index is 424. The molecule has 0 heterocycles. The van der Waals surface area contributed by atoms with Gasteiger partial charge in [-0.05, 0) is 19.4 Å². The average molecular weight is 247 g/mol. The van der Waals surface area contributed by atoms with Crippen molar-refractivity contribution in [1.29, 1.82) is 0 Å². The van der Waals surface area contributed by atoms with Crippen LogP contribution in [0.15, 0.2) is 47.5 Å². The predicted octanol–water partition coefficient (Wildman–Crippen LogP) is 1.37. The van der Waals surface area contributed by atoms with Crippen LogP contribution >= 0.6 is 0 Å². The topological polar surface area (TPSA) is 70.6 Å². The molecule has 0 aliphatic rings. The van der Waals surface area contributed by atoms with E-state index < -0.39 is 5.60 Å². The highest BCUT2D eigenvalue weighted by molar-refractivity contribution is 5.78. The summed E-state index contributed by atoms with van der Waals surface area (Å²) in [4.78, 5) is 4.14. The average Bonchev–Trinajstić information content (AvgIpc) is 2.35. The van der Waals surface area contributed by atoms with Crippen molar-refractivity contribution in [2.75, 3.05) is 13.1 Å². The van der Waals surface area contributed by atoms with E-state index in [1.807, 2.05) is 37.3 Å². The van der Waals surface area contributed by atoms with E-state index in [0.29, 0.717) is 12.5 Å². The van der Waals surface area contributed by atoms with Crippen LogP contribution in [0.2, 0.25) is 0 Å². The maximum absolute atomic E-state index is 10.3. The number of hydrogen-bond acceptors (Lipinski definition) is 2. The molecule has 0 bridgehead atoms. The maximum Gasteiger partial charge on any atom is 0.188 e. The molecule has 0 aliphatic heterocycles. The smallest absolute Gasteiger partial charge is 0.188 e. The minimum atomic E-state index is -1.02. The molecule has 0 amide bonds. The Balaban J connectivity index is 2.61. The minimum Gasteiger partial charge on any atom is -0.384 e. The minimum absolute atomic E-state index is 0.214. The molecular weight excluding hydrogens is 226 g/mol.